The number of fused-ring (bicyclic) bond motifs is 1. The van der Waals surface area contributed by atoms with Crippen LogP contribution in [0, 0.1) is 36.5 Å². The van der Waals surface area contributed by atoms with Crippen molar-refractivity contribution >= 4 is 22.7 Å². The molecule has 0 aromatic heterocycles. The van der Waals surface area contributed by atoms with Crippen molar-refractivity contribution in [1.82, 2.24) is 0 Å². The molecule has 1 fully saturated rings. The van der Waals surface area contributed by atoms with Gasteiger partial charge >= 0.3 is 11.9 Å². The zero-order chi connectivity index (χ0) is 30.1. The average Bonchev–Trinajstić information content (AvgIpc) is 3.31. The van der Waals surface area contributed by atoms with Crippen LogP contribution in [-0.4, -0.2) is 24.6 Å². The SMILES string of the molecule is Cc1ccc(C#Cc2ccc3cc(CCC(=O)OCC4C/C(=C\CC(CC(C)C)CC(C)C)C(=O)O4)ccc3c2)cc1. The number of rotatable bonds is 11. The quantitative estimate of drug-likeness (QED) is 0.133. The maximum absolute atomic E-state index is 12.5. The van der Waals surface area contributed by atoms with Gasteiger partial charge in [0.1, 0.15) is 12.7 Å². The number of esters is 2. The minimum atomic E-state index is -0.398. The molecule has 0 saturated carbocycles. The van der Waals surface area contributed by atoms with E-state index in [1.54, 1.807) is 0 Å². The largest absolute Gasteiger partial charge is 0.462 e. The number of carbonyl (C=O) groups excluding carboxylic acids is 2. The van der Waals surface area contributed by atoms with Gasteiger partial charge in [0.15, 0.2) is 0 Å². The van der Waals surface area contributed by atoms with Crippen molar-refractivity contribution in [3.05, 3.63) is 94.6 Å². The Balaban J connectivity index is 1.24. The topological polar surface area (TPSA) is 52.6 Å². The summed E-state index contributed by atoms with van der Waals surface area (Å²) >= 11 is 0. The second kappa shape index (κ2) is 14.9. The van der Waals surface area contributed by atoms with E-state index in [9.17, 15) is 9.59 Å². The fourth-order valence-corrected chi connectivity index (χ4v) is 5.60. The van der Waals surface area contributed by atoms with Crippen LogP contribution in [0.25, 0.3) is 10.8 Å². The first kappa shape index (κ1) is 31.1. The number of hydrogen-bond donors (Lipinski definition) is 0. The first-order chi connectivity index (χ1) is 20.1. The lowest BCUT2D eigenvalue weighted by Crippen LogP contribution is -2.18. The molecule has 4 rings (SSSR count). The van der Waals surface area contributed by atoms with Gasteiger partial charge < -0.3 is 9.47 Å². The zero-order valence-corrected chi connectivity index (χ0v) is 25.7. The summed E-state index contributed by atoms with van der Waals surface area (Å²) in [6.45, 7) is 11.1. The highest BCUT2D eigenvalue weighted by Crippen LogP contribution is 2.27. The van der Waals surface area contributed by atoms with Crippen LogP contribution < -0.4 is 0 Å². The molecule has 4 nitrogen and oxygen atoms in total. The molecule has 1 heterocycles. The van der Waals surface area contributed by atoms with Gasteiger partial charge in [-0.3, -0.25) is 4.79 Å². The van der Waals surface area contributed by atoms with E-state index in [0.717, 1.165) is 46.7 Å². The van der Waals surface area contributed by atoms with E-state index < -0.39 is 6.10 Å². The molecule has 0 N–H and O–H groups in total. The Morgan fingerprint density at radius 3 is 2.29 bits per heavy atom. The Morgan fingerprint density at radius 2 is 1.57 bits per heavy atom. The molecule has 1 aliphatic heterocycles. The standard InChI is InChI=1S/C38H44O4/c1-26(2)20-32(21-27(3)4)14-18-35-24-36(42-38(35)40)25-41-37(39)19-15-31-13-17-33-22-30(12-16-34(33)23-31)11-10-29-8-6-28(5)7-9-29/h6-9,12-13,16-18,22-23,26-27,32,36H,14-15,19-21,24-25H2,1-5H3/b35-18+. The van der Waals surface area contributed by atoms with Crippen LogP contribution in [0.2, 0.25) is 0 Å². The Labute approximate surface area is 251 Å². The van der Waals surface area contributed by atoms with E-state index in [1.165, 1.54) is 5.56 Å². The Kier molecular flexibility index (Phi) is 11.0. The predicted molar refractivity (Wildman–Crippen MR) is 170 cm³/mol. The molecule has 1 aliphatic rings. The minimum absolute atomic E-state index is 0.105. The van der Waals surface area contributed by atoms with Gasteiger partial charge in [-0.05, 0) is 91.0 Å². The molecule has 220 valence electrons. The normalized spacial score (nSPS) is 15.9. The lowest BCUT2D eigenvalue weighted by atomic mass is 9.86. The van der Waals surface area contributed by atoms with Crippen LogP contribution in [-0.2, 0) is 25.5 Å². The van der Waals surface area contributed by atoms with Crippen molar-refractivity contribution in [2.45, 2.75) is 79.2 Å². The number of hydrogen-bond acceptors (Lipinski definition) is 4. The first-order valence-corrected chi connectivity index (χ1v) is 15.3. The van der Waals surface area contributed by atoms with Gasteiger partial charge in [-0.1, -0.05) is 87.6 Å². The Bertz CT molecular complexity index is 1460. The van der Waals surface area contributed by atoms with Gasteiger partial charge in [0, 0.05) is 29.5 Å². The van der Waals surface area contributed by atoms with Crippen LogP contribution in [0.1, 0.15) is 82.1 Å². The van der Waals surface area contributed by atoms with E-state index in [2.05, 4.69) is 95.0 Å². The van der Waals surface area contributed by atoms with Crippen molar-refractivity contribution in [3.63, 3.8) is 0 Å². The number of carbonyl (C=O) groups is 2. The van der Waals surface area contributed by atoms with Crippen molar-refractivity contribution in [2.24, 2.45) is 17.8 Å². The van der Waals surface area contributed by atoms with Gasteiger partial charge in [-0.2, -0.15) is 0 Å². The van der Waals surface area contributed by atoms with Gasteiger partial charge in [0.2, 0.25) is 0 Å². The van der Waals surface area contributed by atoms with E-state index in [1.807, 2.05) is 18.2 Å². The number of aryl methyl sites for hydroxylation is 2. The van der Waals surface area contributed by atoms with Crippen LogP contribution in [0.4, 0.5) is 0 Å². The summed E-state index contributed by atoms with van der Waals surface area (Å²) in [6, 6.07) is 20.6. The molecular formula is C38H44O4. The molecule has 3 aromatic carbocycles. The van der Waals surface area contributed by atoms with Crippen LogP contribution in [0.3, 0.4) is 0 Å². The number of ether oxygens (including phenoxy) is 2. The smallest absolute Gasteiger partial charge is 0.334 e. The van der Waals surface area contributed by atoms with Crippen LogP contribution >= 0.6 is 0 Å². The third-order valence-corrected chi connectivity index (χ3v) is 7.65. The molecule has 0 amide bonds. The summed E-state index contributed by atoms with van der Waals surface area (Å²) in [4.78, 5) is 24.9. The molecule has 0 radical (unpaired) electrons. The van der Waals surface area contributed by atoms with Crippen molar-refractivity contribution in [3.8, 4) is 11.8 Å². The molecule has 4 heteroatoms. The summed E-state index contributed by atoms with van der Waals surface area (Å²) < 4.78 is 11.0. The van der Waals surface area contributed by atoms with Gasteiger partial charge in [0.05, 0.1) is 0 Å². The summed E-state index contributed by atoms with van der Waals surface area (Å²) in [7, 11) is 0. The van der Waals surface area contributed by atoms with Gasteiger partial charge in [-0.15, -0.1) is 0 Å². The molecule has 42 heavy (non-hydrogen) atoms. The predicted octanol–water partition coefficient (Wildman–Crippen LogP) is 8.36. The molecule has 0 bridgehead atoms. The lowest BCUT2D eigenvalue weighted by molar-refractivity contribution is -0.152. The molecule has 1 atom stereocenters. The lowest BCUT2D eigenvalue weighted by Gasteiger charge is -2.19. The zero-order valence-electron chi connectivity index (χ0n) is 25.7. The molecule has 3 aromatic rings. The maximum Gasteiger partial charge on any atom is 0.334 e. The Morgan fingerprint density at radius 1 is 0.929 bits per heavy atom. The summed E-state index contributed by atoms with van der Waals surface area (Å²) in [6.07, 6.45) is 6.22. The van der Waals surface area contributed by atoms with E-state index in [4.69, 9.17) is 9.47 Å². The highest BCUT2D eigenvalue weighted by atomic mass is 16.6. The summed E-state index contributed by atoms with van der Waals surface area (Å²) in [5, 5.41) is 2.23. The van der Waals surface area contributed by atoms with Crippen molar-refractivity contribution < 1.29 is 19.1 Å². The summed E-state index contributed by atoms with van der Waals surface area (Å²) in [5.41, 5.74) is 4.98. The summed E-state index contributed by atoms with van der Waals surface area (Å²) in [5.74, 6) is 7.75. The molecule has 0 spiro atoms. The molecule has 1 unspecified atom stereocenters. The highest BCUT2D eigenvalue weighted by molar-refractivity contribution is 5.90. The van der Waals surface area contributed by atoms with Crippen LogP contribution in [0.5, 0.6) is 0 Å². The number of cyclic esters (lactones) is 1. The van der Waals surface area contributed by atoms with Gasteiger partial charge in [0.25, 0.3) is 0 Å². The second-order valence-electron chi connectivity index (χ2n) is 12.5. The highest BCUT2D eigenvalue weighted by Gasteiger charge is 2.30. The number of benzene rings is 3. The minimum Gasteiger partial charge on any atom is -0.462 e. The third kappa shape index (κ3) is 9.62. The average molecular weight is 565 g/mol. The van der Waals surface area contributed by atoms with Crippen LogP contribution in [0.15, 0.2) is 72.3 Å². The third-order valence-electron chi connectivity index (χ3n) is 7.65. The second-order valence-corrected chi connectivity index (χ2v) is 12.5. The molecular weight excluding hydrogens is 520 g/mol. The van der Waals surface area contributed by atoms with E-state index in [0.29, 0.717) is 36.2 Å². The Hall–Kier alpha value is -3.84. The monoisotopic (exact) mass is 564 g/mol. The van der Waals surface area contributed by atoms with Crippen molar-refractivity contribution in [2.75, 3.05) is 6.61 Å². The van der Waals surface area contributed by atoms with Crippen molar-refractivity contribution in [1.29, 1.82) is 0 Å². The fourth-order valence-electron chi connectivity index (χ4n) is 5.60. The molecule has 0 aliphatic carbocycles. The fraction of sp³-hybridized carbons (Fsp3) is 0.421. The maximum atomic E-state index is 12.5. The molecule has 1 saturated heterocycles. The first-order valence-electron chi connectivity index (χ1n) is 15.3. The number of allylic oxidation sites excluding steroid dienone is 1. The van der Waals surface area contributed by atoms with E-state index >= 15 is 0 Å². The van der Waals surface area contributed by atoms with E-state index in [-0.39, 0.29) is 25.0 Å². The van der Waals surface area contributed by atoms with Gasteiger partial charge in [-0.25, -0.2) is 4.79 Å².